The number of hydrogen-bond donors (Lipinski definition) is 0. The number of thiophene rings is 2. The van der Waals surface area contributed by atoms with E-state index in [9.17, 15) is 9.59 Å². The van der Waals surface area contributed by atoms with Crippen LogP contribution in [-0.4, -0.2) is 38.4 Å². The number of carbonyl (C=O) groups is 1. The maximum atomic E-state index is 13.2. The van der Waals surface area contributed by atoms with E-state index < -0.39 is 0 Å². The summed E-state index contributed by atoms with van der Waals surface area (Å²) in [5, 5.41) is 4.54. The molecule has 4 aromatic heterocycles. The average molecular weight is 477 g/mol. The van der Waals surface area contributed by atoms with E-state index in [4.69, 9.17) is 4.42 Å². The molecular weight excluding hydrogens is 456 g/mol. The molecule has 0 bridgehead atoms. The number of hydrogen-bond acceptors (Lipinski definition) is 7. The van der Waals surface area contributed by atoms with Gasteiger partial charge in [-0.05, 0) is 36.4 Å². The number of benzene rings is 1. The Morgan fingerprint density at radius 3 is 2.76 bits per heavy atom. The van der Waals surface area contributed by atoms with E-state index in [1.54, 1.807) is 11.3 Å². The van der Waals surface area contributed by atoms with Gasteiger partial charge in [0.05, 0.1) is 11.7 Å². The van der Waals surface area contributed by atoms with Crippen LogP contribution in [0.25, 0.3) is 31.8 Å². The number of piperidine rings is 1. The van der Waals surface area contributed by atoms with Crippen LogP contribution in [0, 0.1) is 0 Å². The molecule has 0 radical (unpaired) electrons. The highest BCUT2D eigenvalue weighted by Gasteiger charge is 2.27. The Balaban J connectivity index is 1.17. The van der Waals surface area contributed by atoms with Gasteiger partial charge in [0, 0.05) is 34.8 Å². The third-order valence-electron chi connectivity index (χ3n) is 6.16. The van der Waals surface area contributed by atoms with Gasteiger partial charge in [-0.2, -0.15) is 0 Å². The predicted octanol–water partition coefficient (Wildman–Crippen LogP) is 4.73. The van der Waals surface area contributed by atoms with Gasteiger partial charge < -0.3 is 9.32 Å². The number of likely N-dealkylation sites (tertiary alicyclic amines) is 1. The molecular formula is C24H20N4O3S2. The van der Waals surface area contributed by atoms with Crippen molar-refractivity contribution >= 4 is 49.9 Å². The Morgan fingerprint density at radius 1 is 1.12 bits per heavy atom. The standard InChI is InChI=1S/C24H20N4O3S2/c29-20(27-9-7-15(8-10-27)22-26-17-4-1-2-5-18(17)31-22)12-28-14-25-23-21(24(28)30)16(13-33-23)19-6-3-11-32-19/h1-6,11,13-15H,7-10,12H2. The number of amides is 1. The number of nitrogens with zero attached hydrogens (tertiary/aromatic N) is 4. The molecule has 0 N–H and O–H groups in total. The molecule has 7 nitrogen and oxygen atoms in total. The van der Waals surface area contributed by atoms with Crippen molar-refractivity contribution in [1.29, 1.82) is 0 Å². The number of aromatic nitrogens is 3. The van der Waals surface area contributed by atoms with Crippen molar-refractivity contribution in [3.05, 3.63) is 69.7 Å². The lowest BCUT2D eigenvalue weighted by Gasteiger charge is -2.30. The summed E-state index contributed by atoms with van der Waals surface area (Å²) in [7, 11) is 0. The Bertz CT molecular complexity index is 1470. The minimum atomic E-state index is -0.167. The van der Waals surface area contributed by atoms with Gasteiger partial charge in [-0.15, -0.1) is 22.7 Å². The summed E-state index contributed by atoms with van der Waals surface area (Å²) in [6.07, 6.45) is 3.07. The summed E-state index contributed by atoms with van der Waals surface area (Å²) in [5.74, 6) is 0.872. The van der Waals surface area contributed by atoms with Gasteiger partial charge in [0.2, 0.25) is 5.91 Å². The molecule has 1 aromatic carbocycles. The first-order valence-corrected chi connectivity index (χ1v) is 12.6. The van der Waals surface area contributed by atoms with Crippen molar-refractivity contribution in [2.45, 2.75) is 25.3 Å². The smallest absolute Gasteiger partial charge is 0.263 e. The van der Waals surface area contributed by atoms with E-state index in [0.717, 1.165) is 40.3 Å². The van der Waals surface area contributed by atoms with Crippen LogP contribution in [0.1, 0.15) is 24.7 Å². The largest absolute Gasteiger partial charge is 0.440 e. The summed E-state index contributed by atoms with van der Waals surface area (Å²) in [4.78, 5) is 38.8. The van der Waals surface area contributed by atoms with Crippen LogP contribution in [0.5, 0.6) is 0 Å². The highest BCUT2D eigenvalue weighted by atomic mass is 32.1. The number of carbonyl (C=O) groups excluding carboxylic acids is 1. The summed E-state index contributed by atoms with van der Waals surface area (Å²) in [6.45, 7) is 1.23. The van der Waals surface area contributed by atoms with Gasteiger partial charge in [-0.3, -0.25) is 14.2 Å². The Labute approximate surface area is 196 Å². The third kappa shape index (κ3) is 3.67. The first-order valence-electron chi connectivity index (χ1n) is 10.8. The number of oxazole rings is 1. The molecule has 0 aliphatic carbocycles. The van der Waals surface area contributed by atoms with Crippen molar-refractivity contribution < 1.29 is 9.21 Å². The van der Waals surface area contributed by atoms with E-state index in [1.165, 1.54) is 22.2 Å². The van der Waals surface area contributed by atoms with Gasteiger partial charge in [0.15, 0.2) is 11.5 Å². The minimum absolute atomic E-state index is 0.00491. The highest BCUT2D eigenvalue weighted by molar-refractivity contribution is 7.18. The molecule has 0 unspecified atom stereocenters. The van der Waals surface area contributed by atoms with E-state index >= 15 is 0 Å². The lowest BCUT2D eigenvalue weighted by molar-refractivity contribution is -0.133. The van der Waals surface area contributed by atoms with Crippen LogP contribution in [-0.2, 0) is 11.3 Å². The first-order chi connectivity index (χ1) is 16.2. The number of fused-ring (bicyclic) bond motifs is 2. The van der Waals surface area contributed by atoms with Crippen molar-refractivity contribution in [2.24, 2.45) is 0 Å². The monoisotopic (exact) mass is 476 g/mol. The van der Waals surface area contributed by atoms with Gasteiger partial charge in [0.1, 0.15) is 16.9 Å². The maximum absolute atomic E-state index is 13.2. The molecule has 5 aromatic rings. The average Bonchev–Trinajstić information content (AvgIpc) is 3.60. The summed E-state index contributed by atoms with van der Waals surface area (Å²) < 4.78 is 7.36. The summed E-state index contributed by atoms with van der Waals surface area (Å²) in [6, 6.07) is 11.7. The summed E-state index contributed by atoms with van der Waals surface area (Å²) in [5.41, 5.74) is 2.38. The zero-order chi connectivity index (χ0) is 22.4. The van der Waals surface area contributed by atoms with Crippen molar-refractivity contribution in [3.8, 4) is 10.4 Å². The second-order valence-corrected chi connectivity index (χ2v) is 9.97. The molecule has 1 fully saturated rings. The van der Waals surface area contributed by atoms with Crippen molar-refractivity contribution in [2.75, 3.05) is 13.1 Å². The fourth-order valence-electron chi connectivity index (χ4n) is 4.38. The van der Waals surface area contributed by atoms with E-state index in [-0.39, 0.29) is 23.9 Å². The number of para-hydroxylation sites is 2. The Kier molecular flexibility index (Phi) is 5.07. The molecule has 0 spiro atoms. The molecule has 166 valence electrons. The molecule has 1 aliphatic heterocycles. The predicted molar refractivity (Wildman–Crippen MR) is 130 cm³/mol. The molecule has 1 aliphatic rings. The van der Waals surface area contributed by atoms with Gasteiger partial charge in [-0.1, -0.05) is 18.2 Å². The fourth-order valence-corrected chi connectivity index (χ4v) is 6.10. The molecule has 1 amide bonds. The fraction of sp³-hybridized carbons (Fsp3) is 0.250. The zero-order valence-corrected chi connectivity index (χ0v) is 19.3. The topological polar surface area (TPSA) is 81.2 Å². The second kappa shape index (κ2) is 8.24. The van der Waals surface area contributed by atoms with Crippen LogP contribution in [0.3, 0.4) is 0 Å². The second-order valence-electron chi connectivity index (χ2n) is 8.16. The van der Waals surface area contributed by atoms with Crippen LogP contribution in [0.15, 0.2) is 62.7 Å². The quantitative estimate of drug-likeness (QED) is 0.374. The molecule has 1 saturated heterocycles. The third-order valence-corrected chi connectivity index (χ3v) is 7.95. The van der Waals surface area contributed by atoms with Crippen LogP contribution >= 0.6 is 22.7 Å². The Morgan fingerprint density at radius 2 is 1.97 bits per heavy atom. The lowest BCUT2D eigenvalue weighted by Crippen LogP contribution is -2.41. The SMILES string of the molecule is O=C(Cn1cnc2scc(-c3cccs3)c2c1=O)N1CCC(c2nc3ccccc3o2)CC1. The Hall–Kier alpha value is -3.30. The zero-order valence-electron chi connectivity index (χ0n) is 17.6. The molecule has 0 saturated carbocycles. The van der Waals surface area contributed by atoms with Gasteiger partial charge in [0.25, 0.3) is 5.56 Å². The number of rotatable bonds is 4. The van der Waals surface area contributed by atoms with Crippen molar-refractivity contribution in [3.63, 3.8) is 0 Å². The molecule has 5 heterocycles. The summed E-state index contributed by atoms with van der Waals surface area (Å²) >= 11 is 3.04. The lowest BCUT2D eigenvalue weighted by atomic mass is 9.97. The normalized spacial score (nSPS) is 15.0. The van der Waals surface area contributed by atoms with E-state index in [2.05, 4.69) is 9.97 Å². The van der Waals surface area contributed by atoms with Gasteiger partial charge in [-0.25, -0.2) is 9.97 Å². The highest BCUT2D eigenvalue weighted by Crippen LogP contribution is 2.33. The van der Waals surface area contributed by atoms with Crippen LogP contribution < -0.4 is 5.56 Å². The van der Waals surface area contributed by atoms with Gasteiger partial charge >= 0.3 is 0 Å². The minimum Gasteiger partial charge on any atom is -0.440 e. The van der Waals surface area contributed by atoms with Crippen LogP contribution in [0.4, 0.5) is 0 Å². The molecule has 9 heteroatoms. The molecule has 6 rings (SSSR count). The molecule has 33 heavy (non-hydrogen) atoms. The van der Waals surface area contributed by atoms with Crippen LogP contribution in [0.2, 0.25) is 0 Å². The first kappa shape index (κ1) is 20.3. The molecule has 0 atom stereocenters. The van der Waals surface area contributed by atoms with Crippen molar-refractivity contribution in [1.82, 2.24) is 19.4 Å². The maximum Gasteiger partial charge on any atom is 0.263 e. The van der Waals surface area contributed by atoms with E-state index in [0.29, 0.717) is 23.3 Å². The van der Waals surface area contributed by atoms with E-state index in [1.807, 2.05) is 52.1 Å².